The van der Waals surface area contributed by atoms with Crippen LogP contribution in [0.25, 0.3) is 22.0 Å². The molecule has 0 radical (unpaired) electrons. The Bertz CT molecular complexity index is 1750. The minimum Gasteiger partial charge on any atom is -0.497 e. The Labute approximate surface area is 245 Å². The van der Waals surface area contributed by atoms with E-state index in [0.29, 0.717) is 42.3 Å². The van der Waals surface area contributed by atoms with E-state index >= 15 is 0 Å². The second kappa shape index (κ2) is 11.8. The number of amides is 1. The van der Waals surface area contributed by atoms with Gasteiger partial charge in [0.15, 0.2) is 5.75 Å². The fourth-order valence-electron chi connectivity index (χ4n) is 4.12. The third kappa shape index (κ3) is 5.83. The van der Waals surface area contributed by atoms with Gasteiger partial charge in [-0.15, -0.1) is 0 Å². The van der Waals surface area contributed by atoms with Crippen LogP contribution in [0.3, 0.4) is 0 Å². The van der Waals surface area contributed by atoms with Gasteiger partial charge in [0.05, 0.1) is 23.4 Å². The van der Waals surface area contributed by atoms with Crippen molar-refractivity contribution < 1.29 is 23.5 Å². The minimum absolute atomic E-state index is 0.216. The van der Waals surface area contributed by atoms with Crippen molar-refractivity contribution >= 4 is 60.9 Å². The molecule has 5 aromatic rings. The van der Waals surface area contributed by atoms with E-state index in [1.165, 1.54) is 25.5 Å². The highest BCUT2D eigenvalue weighted by molar-refractivity contribution is 9.11. The number of hydrazone groups is 1. The largest absolute Gasteiger partial charge is 0.497 e. The maximum atomic E-state index is 14.1. The molecule has 0 bridgehead atoms. The van der Waals surface area contributed by atoms with Gasteiger partial charge in [-0.2, -0.15) is 5.10 Å². The predicted molar refractivity (Wildman–Crippen MR) is 159 cm³/mol. The number of nitrogens with zero attached hydrogens (tertiary/aromatic N) is 1. The Hall–Kier alpha value is -4.28. The third-order valence-electron chi connectivity index (χ3n) is 5.98. The van der Waals surface area contributed by atoms with Gasteiger partial charge in [0.1, 0.15) is 17.3 Å². The summed E-state index contributed by atoms with van der Waals surface area (Å²) in [6.45, 7) is 0. The van der Waals surface area contributed by atoms with Crippen molar-refractivity contribution in [2.75, 3.05) is 7.11 Å². The number of aromatic amines is 1. The number of carbonyl (C=O) groups excluding carboxylic acids is 2. The van der Waals surface area contributed by atoms with E-state index < -0.39 is 17.7 Å². The zero-order valence-corrected chi connectivity index (χ0v) is 24.0. The molecule has 0 saturated heterocycles. The van der Waals surface area contributed by atoms with Crippen molar-refractivity contribution in [3.8, 4) is 22.6 Å². The maximum Gasteiger partial charge on any atom is 0.343 e. The van der Waals surface area contributed by atoms with Gasteiger partial charge >= 0.3 is 5.97 Å². The topological polar surface area (TPSA) is 92.8 Å². The molecular formula is C30H20Br2FN3O4. The maximum absolute atomic E-state index is 14.1. The van der Waals surface area contributed by atoms with Gasteiger partial charge in [-0.3, -0.25) is 4.79 Å². The summed E-state index contributed by atoms with van der Waals surface area (Å²) in [6.07, 6.45) is 1.37. The first-order chi connectivity index (χ1) is 19.3. The van der Waals surface area contributed by atoms with Crippen LogP contribution in [-0.4, -0.2) is 30.2 Å². The minimum atomic E-state index is -0.581. The van der Waals surface area contributed by atoms with Crippen LogP contribution in [-0.2, 0) is 0 Å². The molecule has 1 aromatic heterocycles. The lowest BCUT2D eigenvalue weighted by Crippen LogP contribution is -2.19. The molecule has 10 heteroatoms. The summed E-state index contributed by atoms with van der Waals surface area (Å²) < 4.78 is 26.1. The second-order valence-corrected chi connectivity index (χ2v) is 10.3. The first-order valence-corrected chi connectivity index (χ1v) is 13.5. The molecule has 40 heavy (non-hydrogen) atoms. The third-order valence-corrected chi connectivity index (χ3v) is 7.02. The summed E-state index contributed by atoms with van der Waals surface area (Å²) in [5.41, 5.74) is 5.41. The average molecular weight is 665 g/mol. The number of fused-ring (bicyclic) bond motifs is 1. The number of hydrogen-bond donors (Lipinski definition) is 2. The van der Waals surface area contributed by atoms with Gasteiger partial charge in [0.2, 0.25) is 0 Å². The molecule has 0 aliphatic carbocycles. The number of carbonyl (C=O) groups is 2. The quantitative estimate of drug-likeness (QED) is 0.0816. The van der Waals surface area contributed by atoms with Crippen LogP contribution in [0.15, 0.2) is 99.0 Å². The van der Waals surface area contributed by atoms with Crippen LogP contribution in [0, 0.1) is 5.82 Å². The molecule has 1 amide bonds. The zero-order chi connectivity index (χ0) is 28.2. The lowest BCUT2D eigenvalue weighted by Gasteiger charge is -2.11. The first kappa shape index (κ1) is 27.3. The van der Waals surface area contributed by atoms with Crippen molar-refractivity contribution in [2.24, 2.45) is 5.10 Å². The second-order valence-electron chi connectivity index (χ2n) is 8.55. The molecule has 0 aliphatic heterocycles. The summed E-state index contributed by atoms with van der Waals surface area (Å²) in [5.74, 6) is -0.695. The molecule has 0 saturated carbocycles. The fraction of sp³-hybridized carbons (Fsp3) is 0.0333. The van der Waals surface area contributed by atoms with Gasteiger partial charge in [-0.1, -0.05) is 46.3 Å². The molecule has 0 fully saturated rings. The Balaban J connectivity index is 1.42. The molecule has 4 aromatic carbocycles. The van der Waals surface area contributed by atoms with Crippen molar-refractivity contribution in [2.45, 2.75) is 0 Å². The number of aromatic nitrogens is 1. The molecule has 2 N–H and O–H groups in total. The smallest absolute Gasteiger partial charge is 0.343 e. The molecule has 0 unspecified atom stereocenters. The van der Waals surface area contributed by atoms with Crippen molar-refractivity contribution in [1.29, 1.82) is 0 Å². The van der Waals surface area contributed by atoms with E-state index in [-0.39, 0.29) is 11.4 Å². The van der Waals surface area contributed by atoms with Gasteiger partial charge in [-0.05, 0) is 76.1 Å². The summed E-state index contributed by atoms with van der Waals surface area (Å²) >= 11 is 6.85. The van der Waals surface area contributed by atoms with E-state index in [1.54, 1.807) is 42.5 Å². The molecule has 5 rings (SSSR count). The van der Waals surface area contributed by atoms with Crippen molar-refractivity contribution in [3.63, 3.8) is 0 Å². The highest BCUT2D eigenvalue weighted by Gasteiger charge is 2.20. The SMILES string of the molecule is COc1ccc(C(=O)Oc2c(Br)cc(Br)cc2C=NNC(=O)c2[nH]c3ccc(F)cc3c2-c2ccccc2)cc1. The number of H-pyrrole nitrogens is 1. The number of benzene rings is 4. The standard InChI is InChI=1S/C30H20Br2FN3O4/c1-39-22-10-7-18(8-11-22)30(38)40-28-19(13-20(31)14-24(28)32)16-34-36-29(37)27-26(17-5-3-2-4-6-17)23-15-21(33)9-12-25(23)35-27/h2-16,35H,1H3,(H,36,37). The number of halogens is 3. The lowest BCUT2D eigenvalue weighted by molar-refractivity contribution is 0.0732. The first-order valence-electron chi connectivity index (χ1n) is 11.9. The van der Waals surface area contributed by atoms with Gasteiger partial charge < -0.3 is 14.5 Å². The van der Waals surface area contributed by atoms with Gasteiger partial charge in [-0.25, -0.2) is 14.6 Å². The van der Waals surface area contributed by atoms with E-state index in [0.717, 1.165) is 5.56 Å². The van der Waals surface area contributed by atoms with Crippen LogP contribution in [0.2, 0.25) is 0 Å². The van der Waals surface area contributed by atoms with Gasteiger partial charge in [0.25, 0.3) is 5.91 Å². The number of hydrogen-bond acceptors (Lipinski definition) is 5. The van der Waals surface area contributed by atoms with Crippen LogP contribution in [0.5, 0.6) is 11.5 Å². The molecule has 1 heterocycles. The van der Waals surface area contributed by atoms with E-state index in [4.69, 9.17) is 9.47 Å². The van der Waals surface area contributed by atoms with Crippen molar-refractivity contribution in [3.05, 3.63) is 117 Å². The van der Waals surface area contributed by atoms with Crippen LogP contribution >= 0.6 is 31.9 Å². The Kier molecular flexibility index (Phi) is 8.09. The Morgan fingerprint density at radius 2 is 1.73 bits per heavy atom. The number of rotatable bonds is 7. The highest BCUT2D eigenvalue weighted by Crippen LogP contribution is 2.34. The number of methoxy groups -OCH3 is 1. The van der Waals surface area contributed by atoms with Crippen LogP contribution in [0.4, 0.5) is 4.39 Å². The van der Waals surface area contributed by atoms with E-state index in [1.807, 2.05) is 30.3 Å². The lowest BCUT2D eigenvalue weighted by atomic mass is 10.0. The summed E-state index contributed by atoms with van der Waals surface area (Å²) in [7, 11) is 1.54. The number of ether oxygens (including phenoxy) is 2. The fourth-order valence-corrected chi connectivity index (χ4v) is 5.46. The Morgan fingerprint density at radius 1 is 0.975 bits per heavy atom. The predicted octanol–water partition coefficient (Wildman–Crippen LogP) is 7.49. The normalized spacial score (nSPS) is 11.1. The summed E-state index contributed by atoms with van der Waals surface area (Å²) in [6, 6.07) is 23.5. The van der Waals surface area contributed by atoms with Crippen LogP contribution in [0.1, 0.15) is 26.4 Å². The average Bonchev–Trinajstić information content (AvgIpc) is 3.34. The molecular weight excluding hydrogens is 645 g/mol. The molecule has 0 spiro atoms. The zero-order valence-electron chi connectivity index (χ0n) is 20.9. The number of esters is 1. The molecule has 0 atom stereocenters. The molecule has 200 valence electrons. The highest BCUT2D eigenvalue weighted by atomic mass is 79.9. The van der Waals surface area contributed by atoms with Crippen molar-refractivity contribution in [1.82, 2.24) is 10.4 Å². The van der Waals surface area contributed by atoms with Gasteiger partial charge in [0, 0.05) is 26.5 Å². The Morgan fingerprint density at radius 3 is 2.45 bits per heavy atom. The number of nitrogens with one attached hydrogen (secondary N) is 2. The van der Waals surface area contributed by atoms with E-state index in [9.17, 15) is 14.0 Å². The van der Waals surface area contributed by atoms with E-state index in [2.05, 4.69) is 47.4 Å². The molecule has 7 nitrogen and oxygen atoms in total. The summed E-state index contributed by atoms with van der Waals surface area (Å²) in [5, 5.41) is 4.69. The molecule has 0 aliphatic rings. The summed E-state index contributed by atoms with van der Waals surface area (Å²) in [4.78, 5) is 29.1. The van der Waals surface area contributed by atoms with Crippen LogP contribution < -0.4 is 14.9 Å². The monoisotopic (exact) mass is 663 g/mol.